The second kappa shape index (κ2) is 19.0. The zero-order valence-electron chi connectivity index (χ0n) is 24.3. The van der Waals surface area contributed by atoms with Gasteiger partial charge in [0.2, 0.25) is 0 Å². The molecule has 5 heteroatoms. The van der Waals surface area contributed by atoms with Gasteiger partial charge in [0.05, 0.1) is 4.90 Å². The average molecular weight is 541 g/mol. The Hall–Kier alpha value is -2.14. The molecule has 38 heavy (non-hydrogen) atoms. The summed E-state index contributed by atoms with van der Waals surface area (Å²) < 4.78 is 31.3. The van der Waals surface area contributed by atoms with Gasteiger partial charge in [-0.15, -0.1) is 4.40 Å². The molecule has 0 saturated heterocycles. The van der Waals surface area contributed by atoms with E-state index in [4.69, 9.17) is 0 Å². The quantitative estimate of drug-likeness (QED) is 0.0955. The lowest BCUT2D eigenvalue weighted by Gasteiger charge is -2.27. The predicted octanol–water partition coefficient (Wildman–Crippen LogP) is 9.13. The molecule has 0 amide bonds. The van der Waals surface area contributed by atoms with Gasteiger partial charge in [0.1, 0.15) is 5.84 Å². The minimum Gasteiger partial charge on any atom is -0.359 e. The molecular formula is C33H52N2O2S. The Bertz CT molecular complexity index is 983. The molecule has 2 aromatic carbocycles. The van der Waals surface area contributed by atoms with E-state index < -0.39 is 10.0 Å². The van der Waals surface area contributed by atoms with Crippen LogP contribution in [-0.4, -0.2) is 32.2 Å². The van der Waals surface area contributed by atoms with Gasteiger partial charge in [-0.25, -0.2) is 0 Å². The van der Waals surface area contributed by atoms with Crippen LogP contribution in [0.5, 0.6) is 0 Å². The number of unbranched alkanes of at least 4 members (excludes halogenated alkanes) is 12. The van der Waals surface area contributed by atoms with Gasteiger partial charge in [-0.3, -0.25) is 0 Å². The Morgan fingerprint density at radius 2 is 1.13 bits per heavy atom. The van der Waals surface area contributed by atoms with Gasteiger partial charge in [-0.1, -0.05) is 139 Å². The van der Waals surface area contributed by atoms with Gasteiger partial charge in [-0.2, -0.15) is 8.42 Å². The van der Waals surface area contributed by atoms with Crippen molar-refractivity contribution in [1.82, 2.24) is 4.90 Å². The largest absolute Gasteiger partial charge is 0.359 e. The lowest BCUT2D eigenvalue weighted by Crippen LogP contribution is -2.35. The Labute approximate surface area is 234 Å². The number of amidine groups is 1. The first-order valence-corrected chi connectivity index (χ1v) is 16.6. The van der Waals surface area contributed by atoms with Crippen molar-refractivity contribution in [3.8, 4) is 0 Å². The molecule has 0 aromatic heterocycles. The molecule has 0 heterocycles. The summed E-state index contributed by atoms with van der Waals surface area (Å²) in [7, 11) is -3.79. The lowest BCUT2D eigenvalue weighted by atomic mass is 10.1. The third-order valence-corrected chi connectivity index (χ3v) is 8.50. The summed E-state index contributed by atoms with van der Waals surface area (Å²) in [6.45, 7) is 8.18. The lowest BCUT2D eigenvalue weighted by molar-refractivity contribution is 0.379. The summed E-state index contributed by atoms with van der Waals surface area (Å²) in [5.74, 6) is 0.675. The fraction of sp³-hybridized carbons (Fsp3) is 0.606. The van der Waals surface area contributed by atoms with E-state index in [9.17, 15) is 8.42 Å². The third-order valence-electron chi connectivity index (χ3n) is 7.18. The van der Waals surface area contributed by atoms with E-state index in [1.165, 1.54) is 77.0 Å². The molecular weight excluding hydrogens is 488 g/mol. The van der Waals surface area contributed by atoms with Crippen LogP contribution in [0.3, 0.4) is 0 Å². The normalized spacial score (nSPS) is 12.1. The fourth-order valence-corrected chi connectivity index (χ4v) is 5.81. The van der Waals surface area contributed by atoms with Crippen molar-refractivity contribution < 1.29 is 8.42 Å². The van der Waals surface area contributed by atoms with E-state index in [-0.39, 0.29) is 4.90 Å². The minimum atomic E-state index is -3.79. The molecule has 0 unspecified atom stereocenters. The molecule has 0 aliphatic heterocycles. The molecule has 0 N–H and O–H groups in total. The van der Waals surface area contributed by atoms with Crippen LogP contribution in [-0.2, 0) is 16.4 Å². The van der Waals surface area contributed by atoms with Crippen LogP contribution in [0.15, 0.2) is 63.9 Å². The van der Waals surface area contributed by atoms with Crippen molar-refractivity contribution in [1.29, 1.82) is 0 Å². The molecule has 0 spiro atoms. The Morgan fingerprint density at radius 1 is 0.658 bits per heavy atom. The maximum absolute atomic E-state index is 13.4. The third kappa shape index (κ3) is 13.1. The summed E-state index contributed by atoms with van der Waals surface area (Å²) in [5, 5.41) is 0. The number of aryl methyl sites for hydroxylation is 1. The molecule has 212 valence electrons. The number of hydrogen-bond donors (Lipinski definition) is 0. The highest BCUT2D eigenvalue weighted by Gasteiger charge is 2.19. The van der Waals surface area contributed by atoms with Gasteiger partial charge in [0.25, 0.3) is 10.0 Å². The molecule has 0 fully saturated rings. The van der Waals surface area contributed by atoms with Crippen molar-refractivity contribution >= 4 is 15.9 Å². The highest BCUT2D eigenvalue weighted by molar-refractivity contribution is 7.90. The standard InChI is InChI=1S/C33H52N2O2S/c1-4-6-8-10-12-14-19-27-35(28-20-15-13-11-9-7-5-2)33(29-31-21-17-16-18-22-31)34-38(36,37)32-25-23-30(3)24-26-32/h16-18,21-26H,4-15,19-20,27-29H2,1-3H3. The van der Waals surface area contributed by atoms with Crippen molar-refractivity contribution in [2.24, 2.45) is 4.40 Å². The van der Waals surface area contributed by atoms with Crippen molar-refractivity contribution in [3.63, 3.8) is 0 Å². The summed E-state index contributed by atoms with van der Waals surface area (Å²) in [6.07, 6.45) is 17.9. The van der Waals surface area contributed by atoms with E-state index in [1.807, 2.05) is 37.3 Å². The van der Waals surface area contributed by atoms with Crippen LogP contribution >= 0.6 is 0 Å². The van der Waals surface area contributed by atoms with Crippen LogP contribution in [0, 0.1) is 6.92 Å². The van der Waals surface area contributed by atoms with Crippen molar-refractivity contribution in [2.45, 2.75) is 122 Å². The van der Waals surface area contributed by atoms with Crippen molar-refractivity contribution in [2.75, 3.05) is 13.1 Å². The van der Waals surface area contributed by atoms with Crippen LogP contribution in [0.4, 0.5) is 0 Å². The maximum Gasteiger partial charge on any atom is 0.283 e. The summed E-state index contributed by atoms with van der Waals surface area (Å²) in [4.78, 5) is 2.54. The zero-order valence-corrected chi connectivity index (χ0v) is 25.2. The first-order valence-electron chi connectivity index (χ1n) is 15.2. The highest BCUT2D eigenvalue weighted by atomic mass is 32.2. The van der Waals surface area contributed by atoms with Crippen LogP contribution in [0.2, 0.25) is 0 Å². The Kier molecular flexibility index (Phi) is 16.0. The second-order valence-corrected chi connectivity index (χ2v) is 12.3. The van der Waals surface area contributed by atoms with Crippen molar-refractivity contribution in [3.05, 3.63) is 65.7 Å². The Balaban J connectivity index is 2.19. The summed E-state index contributed by atoms with van der Waals surface area (Å²) in [5.41, 5.74) is 2.13. The highest BCUT2D eigenvalue weighted by Crippen LogP contribution is 2.18. The van der Waals surface area contributed by atoms with Gasteiger partial charge in [0, 0.05) is 19.5 Å². The Morgan fingerprint density at radius 3 is 1.63 bits per heavy atom. The molecule has 0 bridgehead atoms. The molecule has 2 aromatic rings. The molecule has 0 radical (unpaired) electrons. The first kappa shape index (κ1) is 32.1. The predicted molar refractivity (Wildman–Crippen MR) is 164 cm³/mol. The van der Waals surface area contributed by atoms with Crippen LogP contribution in [0.1, 0.15) is 115 Å². The minimum absolute atomic E-state index is 0.264. The fourth-order valence-electron chi connectivity index (χ4n) is 4.77. The van der Waals surface area contributed by atoms with Gasteiger partial charge in [-0.05, 0) is 37.5 Å². The molecule has 2 rings (SSSR count). The van der Waals surface area contributed by atoms with Gasteiger partial charge >= 0.3 is 0 Å². The number of hydrogen-bond acceptors (Lipinski definition) is 2. The monoisotopic (exact) mass is 540 g/mol. The summed E-state index contributed by atoms with van der Waals surface area (Å²) in [6, 6.07) is 17.2. The molecule has 0 aliphatic carbocycles. The molecule has 4 nitrogen and oxygen atoms in total. The molecule has 0 saturated carbocycles. The number of rotatable bonds is 20. The topological polar surface area (TPSA) is 49.7 Å². The van der Waals surface area contributed by atoms with E-state index in [0.717, 1.165) is 37.1 Å². The molecule has 0 aliphatic rings. The average Bonchev–Trinajstić information content (AvgIpc) is 2.91. The smallest absolute Gasteiger partial charge is 0.283 e. The van der Waals surface area contributed by atoms with E-state index >= 15 is 0 Å². The number of nitrogens with zero attached hydrogens (tertiary/aromatic N) is 2. The van der Waals surface area contributed by atoms with E-state index in [1.54, 1.807) is 12.1 Å². The maximum atomic E-state index is 13.4. The van der Waals surface area contributed by atoms with Crippen LogP contribution in [0.25, 0.3) is 0 Å². The van der Waals surface area contributed by atoms with E-state index in [2.05, 4.69) is 35.3 Å². The number of sulfonamides is 1. The zero-order chi connectivity index (χ0) is 27.5. The van der Waals surface area contributed by atoms with Crippen LogP contribution < -0.4 is 0 Å². The first-order chi connectivity index (χ1) is 18.5. The molecule has 0 atom stereocenters. The van der Waals surface area contributed by atoms with Gasteiger partial charge < -0.3 is 4.90 Å². The SMILES string of the molecule is CCCCCCCCCN(CCCCCCCCC)C(Cc1ccccc1)=NS(=O)(=O)c1ccc(C)cc1. The second-order valence-electron chi connectivity index (χ2n) is 10.7. The van der Waals surface area contributed by atoms with E-state index in [0.29, 0.717) is 12.3 Å². The summed E-state index contributed by atoms with van der Waals surface area (Å²) >= 11 is 0. The van der Waals surface area contributed by atoms with Gasteiger partial charge in [0.15, 0.2) is 0 Å². The number of benzene rings is 2.